The number of ether oxygens (including phenoxy) is 2. The highest BCUT2D eigenvalue weighted by Gasteiger charge is 2.24. The third kappa shape index (κ3) is 29.6. The predicted molar refractivity (Wildman–Crippen MR) is 182 cm³/mol. The lowest BCUT2D eigenvalue weighted by Crippen LogP contribution is -2.50. The number of hydrogen-bond donors (Lipinski definition) is 3. The Morgan fingerprint density at radius 2 is 1.55 bits per heavy atom. The number of carbonyl (C=O) groups is 4. The third-order valence-corrected chi connectivity index (χ3v) is 4.94. The number of carbonyl (C=O) groups excluding carboxylic acids is 4. The van der Waals surface area contributed by atoms with Gasteiger partial charge in [0.15, 0.2) is 5.69 Å². The number of halogens is 1. The van der Waals surface area contributed by atoms with Crippen molar-refractivity contribution in [1.29, 1.82) is 0 Å². The molecule has 0 bridgehead atoms. The first-order valence-corrected chi connectivity index (χ1v) is 16.5. The van der Waals surface area contributed by atoms with Gasteiger partial charge in [0, 0.05) is 11.3 Å². The van der Waals surface area contributed by atoms with Crippen LogP contribution in [0.4, 0.5) is 0 Å². The van der Waals surface area contributed by atoms with Crippen molar-refractivity contribution in [3.05, 3.63) is 28.2 Å². The first-order valence-electron chi connectivity index (χ1n) is 15.1. The summed E-state index contributed by atoms with van der Waals surface area (Å²) in [5.74, 6) is -1.79. The molecule has 1 aromatic rings. The number of nitrogens with zero attached hydrogens (tertiary/aromatic N) is 1. The zero-order valence-electron chi connectivity index (χ0n) is 29.3. The summed E-state index contributed by atoms with van der Waals surface area (Å²) < 4.78 is 10.6. The molecule has 1 unspecified atom stereocenters. The highest BCUT2D eigenvalue weighted by molar-refractivity contribution is 7.09. The van der Waals surface area contributed by atoms with E-state index in [4.69, 9.17) is 26.8 Å². The Morgan fingerprint density at radius 1 is 1.02 bits per heavy atom. The fourth-order valence-electron chi connectivity index (χ4n) is 2.30. The number of allylic oxidation sites excluding steroid dienone is 1. The van der Waals surface area contributed by atoms with E-state index in [0.717, 1.165) is 0 Å². The molecule has 1 heterocycles. The lowest BCUT2D eigenvalue weighted by atomic mass is 10.0. The van der Waals surface area contributed by atoms with Crippen LogP contribution in [0.1, 0.15) is 125 Å². The molecule has 0 aliphatic heterocycles. The maximum atomic E-state index is 12.4. The van der Waals surface area contributed by atoms with Crippen molar-refractivity contribution in [2.24, 2.45) is 11.1 Å². The molecule has 1 aromatic heterocycles. The Bertz CT molecular complexity index is 986. The van der Waals surface area contributed by atoms with E-state index < -0.39 is 41.0 Å². The average molecular weight is 663 g/mol. The minimum Gasteiger partial charge on any atom is -0.456 e. The summed E-state index contributed by atoms with van der Waals surface area (Å²) in [5.41, 5.74) is 4.56. The highest BCUT2D eigenvalue weighted by Crippen LogP contribution is 2.15. The van der Waals surface area contributed by atoms with Crippen molar-refractivity contribution in [1.82, 2.24) is 15.6 Å². The molecular formula is C32H59ClN4O6S. The normalized spacial score (nSPS) is 11.8. The van der Waals surface area contributed by atoms with Crippen molar-refractivity contribution in [2.45, 2.75) is 133 Å². The third-order valence-electron chi connectivity index (χ3n) is 3.87. The van der Waals surface area contributed by atoms with Crippen LogP contribution in [0, 0.1) is 5.41 Å². The molecule has 44 heavy (non-hydrogen) atoms. The van der Waals surface area contributed by atoms with Crippen LogP contribution in [0.25, 0.3) is 0 Å². The van der Waals surface area contributed by atoms with Gasteiger partial charge in [0.05, 0.1) is 18.5 Å². The highest BCUT2D eigenvalue weighted by atomic mass is 35.5. The number of alkyl halides is 1. The Hall–Kier alpha value is -2.50. The zero-order valence-corrected chi connectivity index (χ0v) is 30.9. The lowest BCUT2D eigenvalue weighted by Gasteiger charge is -2.18. The SMILES string of the molecule is CC.CC(C)(C)C.CC(C)(C)OC(=O)c1csc(CNC(=O)CC(/C=C/CCCl)OC(=O)CNC(=O)C(C)(C)N)n1.CCC. The molecule has 12 heteroatoms. The van der Waals surface area contributed by atoms with E-state index in [-0.39, 0.29) is 25.2 Å². The van der Waals surface area contributed by atoms with Crippen LogP contribution in [-0.2, 0) is 30.4 Å². The van der Waals surface area contributed by atoms with Crippen molar-refractivity contribution < 1.29 is 28.7 Å². The summed E-state index contributed by atoms with van der Waals surface area (Å²) in [6, 6.07) is 0. The van der Waals surface area contributed by atoms with Crippen LogP contribution in [0.2, 0.25) is 0 Å². The van der Waals surface area contributed by atoms with Crippen LogP contribution in [0.3, 0.4) is 0 Å². The Balaban J connectivity index is -0.00000147. The fourth-order valence-corrected chi connectivity index (χ4v) is 3.13. The number of rotatable bonds is 12. The number of aromatic nitrogens is 1. The molecule has 1 rings (SSSR count). The molecule has 0 radical (unpaired) electrons. The first kappa shape index (κ1) is 45.9. The van der Waals surface area contributed by atoms with Crippen molar-refractivity contribution in [3.63, 3.8) is 0 Å². The van der Waals surface area contributed by atoms with Crippen LogP contribution in [0.15, 0.2) is 17.5 Å². The molecule has 0 saturated carbocycles. The van der Waals surface area contributed by atoms with Crippen molar-refractivity contribution in [3.8, 4) is 0 Å². The molecule has 0 spiro atoms. The van der Waals surface area contributed by atoms with E-state index in [2.05, 4.69) is 57.2 Å². The standard InChI is InChI=1S/C22H33ClN4O6S.C5H12.C3H8.C2H6/c1-21(2,3)33-19(30)15-13-34-17(27-15)11-25-16(28)10-14(8-6-7-9-23)32-18(29)12-26-20(31)22(4,5)24;1-5(2,3)4;1-3-2;1-2/h6,8,13-14H,7,9-12,24H2,1-5H3,(H,25,28)(H,26,31);1-4H3;3H2,1-2H3;1-2H3/b8-6+;;;. The molecule has 1 atom stereocenters. The molecule has 0 aliphatic rings. The van der Waals surface area contributed by atoms with Crippen LogP contribution >= 0.6 is 22.9 Å². The minimum absolute atomic E-state index is 0.0972. The number of amides is 2. The number of nitrogens with one attached hydrogen (secondary N) is 2. The van der Waals surface area contributed by atoms with Crippen LogP contribution in [-0.4, -0.2) is 58.4 Å². The monoisotopic (exact) mass is 662 g/mol. The maximum Gasteiger partial charge on any atom is 0.358 e. The quantitative estimate of drug-likeness (QED) is 0.130. The van der Waals surface area contributed by atoms with Gasteiger partial charge >= 0.3 is 11.9 Å². The molecule has 2 amide bonds. The summed E-state index contributed by atoms with van der Waals surface area (Å²) in [6.45, 7) is 25.0. The van der Waals surface area contributed by atoms with Gasteiger partial charge in [-0.25, -0.2) is 9.78 Å². The zero-order chi connectivity index (χ0) is 35.1. The van der Waals surface area contributed by atoms with Gasteiger partial charge in [-0.1, -0.05) is 67.9 Å². The van der Waals surface area contributed by atoms with E-state index in [1.165, 1.54) is 31.6 Å². The summed E-state index contributed by atoms with van der Waals surface area (Å²) in [4.78, 5) is 52.6. The number of nitrogens with two attached hydrogens (primary N) is 1. The number of esters is 2. The summed E-state index contributed by atoms with van der Waals surface area (Å²) >= 11 is 6.88. The Morgan fingerprint density at radius 3 is 2.00 bits per heavy atom. The van der Waals surface area contributed by atoms with Gasteiger partial charge in [-0.15, -0.1) is 22.9 Å². The molecule has 0 aromatic carbocycles. The van der Waals surface area contributed by atoms with Gasteiger partial charge in [0.1, 0.15) is 23.3 Å². The molecule has 10 nitrogen and oxygen atoms in total. The van der Waals surface area contributed by atoms with Crippen molar-refractivity contribution in [2.75, 3.05) is 12.4 Å². The second-order valence-electron chi connectivity index (χ2n) is 12.7. The Kier molecular flexibility index (Phi) is 24.9. The van der Waals surface area contributed by atoms with Crippen molar-refractivity contribution >= 4 is 46.7 Å². The maximum absolute atomic E-state index is 12.4. The van der Waals surface area contributed by atoms with Crippen LogP contribution < -0.4 is 16.4 Å². The van der Waals surface area contributed by atoms with E-state index in [1.54, 1.807) is 38.3 Å². The molecule has 256 valence electrons. The molecule has 0 fully saturated rings. The van der Waals surface area contributed by atoms with Gasteiger partial charge in [0.25, 0.3) is 0 Å². The van der Waals surface area contributed by atoms with E-state index in [0.29, 0.717) is 22.7 Å². The molecule has 4 N–H and O–H groups in total. The summed E-state index contributed by atoms with van der Waals surface area (Å²) in [5, 5.41) is 7.16. The van der Waals surface area contributed by atoms with Gasteiger partial charge in [-0.2, -0.15) is 0 Å². The Labute approximate surface area is 275 Å². The second-order valence-corrected chi connectivity index (χ2v) is 14.0. The van der Waals surface area contributed by atoms with E-state index in [9.17, 15) is 19.2 Å². The summed E-state index contributed by atoms with van der Waals surface area (Å²) in [7, 11) is 0. The largest absolute Gasteiger partial charge is 0.456 e. The predicted octanol–water partition coefficient (Wildman–Crippen LogP) is 6.55. The molecular weight excluding hydrogens is 604 g/mol. The van der Waals surface area contributed by atoms with E-state index >= 15 is 0 Å². The first-order chi connectivity index (χ1) is 20.1. The summed E-state index contributed by atoms with van der Waals surface area (Å²) in [6.07, 6.45) is 4.05. The van der Waals surface area contributed by atoms with Crippen LogP contribution in [0.5, 0.6) is 0 Å². The van der Waals surface area contributed by atoms with Gasteiger partial charge in [-0.3, -0.25) is 14.4 Å². The lowest BCUT2D eigenvalue weighted by molar-refractivity contribution is -0.148. The molecule has 0 saturated heterocycles. The van der Waals surface area contributed by atoms with E-state index in [1.807, 2.05) is 13.8 Å². The minimum atomic E-state index is -1.14. The second kappa shape index (κ2) is 23.8. The number of thiazole rings is 1. The smallest absolute Gasteiger partial charge is 0.358 e. The topological polar surface area (TPSA) is 150 Å². The van der Waals surface area contributed by atoms with Gasteiger partial charge < -0.3 is 25.8 Å². The van der Waals surface area contributed by atoms with Gasteiger partial charge in [0.2, 0.25) is 11.8 Å². The molecule has 0 aliphatic carbocycles. The average Bonchev–Trinajstić information content (AvgIpc) is 3.35. The fraction of sp³-hybridized carbons (Fsp3) is 0.719. The van der Waals surface area contributed by atoms with Gasteiger partial charge in [-0.05, 0) is 52.5 Å². The number of hydrogen-bond acceptors (Lipinski definition) is 9.